The summed E-state index contributed by atoms with van der Waals surface area (Å²) >= 11 is 17.8. The first-order chi connectivity index (χ1) is 14.0. The first-order valence-electron chi connectivity index (χ1n) is 8.26. The smallest absolute Gasteiger partial charge is 0.391 e. The molecule has 0 bridgehead atoms. The summed E-state index contributed by atoms with van der Waals surface area (Å²) in [5.41, 5.74) is -0.0958. The Hall–Kier alpha value is -1.81. The zero-order valence-electron chi connectivity index (χ0n) is 15.4. The SMILES string of the molecule is CCC/C(=N\OCc1ccc(Cl)cc1Cl)c1cc(Cl)ccc1C(F)(F)F.N=S(=O)=O. The highest BCUT2D eigenvalue weighted by Gasteiger charge is 2.34. The quantitative estimate of drug-likeness (QED) is 0.340. The van der Waals surface area contributed by atoms with Crippen molar-refractivity contribution in [1.82, 2.24) is 0 Å². The van der Waals surface area contributed by atoms with E-state index < -0.39 is 22.2 Å². The van der Waals surface area contributed by atoms with Crippen molar-refractivity contribution in [2.45, 2.75) is 32.5 Å². The van der Waals surface area contributed by atoms with Crippen LogP contribution in [0.4, 0.5) is 13.2 Å². The number of oxime groups is 1. The zero-order chi connectivity index (χ0) is 22.9. The second kappa shape index (κ2) is 12.1. The molecule has 5 nitrogen and oxygen atoms in total. The number of halogens is 6. The van der Waals surface area contributed by atoms with Crippen LogP contribution < -0.4 is 0 Å². The highest BCUT2D eigenvalue weighted by Crippen LogP contribution is 2.34. The van der Waals surface area contributed by atoms with Crippen LogP contribution in [-0.4, -0.2) is 14.1 Å². The molecule has 2 rings (SSSR count). The van der Waals surface area contributed by atoms with Gasteiger partial charge in [0.15, 0.2) is 0 Å². The van der Waals surface area contributed by atoms with E-state index in [9.17, 15) is 13.2 Å². The Balaban J connectivity index is 0.00000103. The van der Waals surface area contributed by atoms with E-state index in [1.165, 1.54) is 12.1 Å². The van der Waals surface area contributed by atoms with Gasteiger partial charge in [0.05, 0.1) is 11.3 Å². The summed E-state index contributed by atoms with van der Waals surface area (Å²) < 4.78 is 62.7. The maximum atomic E-state index is 13.3. The molecule has 1 N–H and O–H groups in total. The van der Waals surface area contributed by atoms with E-state index >= 15 is 0 Å². The Morgan fingerprint density at radius 3 is 2.20 bits per heavy atom. The van der Waals surface area contributed by atoms with Crippen LogP contribution in [0.3, 0.4) is 0 Å². The van der Waals surface area contributed by atoms with Gasteiger partial charge in [0.2, 0.25) is 0 Å². The topological polar surface area (TPSA) is 79.6 Å². The average Bonchev–Trinajstić information content (AvgIpc) is 2.61. The molecule has 0 atom stereocenters. The molecule has 0 aromatic heterocycles. The van der Waals surface area contributed by atoms with E-state index in [1.807, 2.05) is 6.92 Å². The van der Waals surface area contributed by atoms with E-state index in [4.69, 9.17) is 52.8 Å². The Morgan fingerprint density at radius 1 is 1.10 bits per heavy atom. The molecule has 0 amide bonds. The fraction of sp³-hybridized carbons (Fsp3) is 0.278. The molecular weight excluding hydrogens is 488 g/mol. The third-order valence-corrected chi connectivity index (χ3v) is 4.32. The number of nitrogens with zero attached hydrogens (tertiary/aromatic N) is 1. The lowest BCUT2D eigenvalue weighted by molar-refractivity contribution is -0.137. The second-order valence-electron chi connectivity index (χ2n) is 5.72. The van der Waals surface area contributed by atoms with Crippen LogP contribution in [0, 0.1) is 4.78 Å². The number of hydrogen-bond donors (Lipinski definition) is 1. The molecule has 0 radical (unpaired) electrons. The van der Waals surface area contributed by atoms with Gasteiger partial charge in [0.25, 0.3) is 0 Å². The molecule has 2 aromatic carbocycles. The summed E-state index contributed by atoms with van der Waals surface area (Å²) in [7, 11) is -2.61. The van der Waals surface area contributed by atoms with Crippen LogP contribution in [0.15, 0.2) is 41.6 Å². The van der Waals surface area contributed by atoms with E-state index in [0.717, 1.165) is 6.07 Å². The van der Waals surface area contributed by atoms with Crippen molar-refractivity contribution in [3.8, 4) is 0 Å². The maximum absolute atomic E-state index is 13.3. The molecule has 0 aliphatic carbocycles. The van der Waals surface area contributed by atoms with Crippen LogP contribution in [-0.2, 0) is 28.1 Å². The number of hydrogen-bond acceptors (Lipinski definition) is 5. The van der Waals surface area contributed by atoms with Gasteiger partial charge in [0, 0.05) is 26.2 Å². The minimum atomic E-state index is -4.52. The first kappa shape index (κ1) is 26.2. The lowest BCUT2D eigenvalue weighted by Crippen LogP contribution is -2.14. The lowest BCUT2D eigenvalue weighted by Gasteiger charge is -2.15. The van der Waals surface area contributed by atoms with Gasteiger partial charge in [-0.3, -0.25) is 0 Å². The fourth-order valence-electron chi connectivity index (χ4n) is 2.29. The summed E-state index contributed by atoms with van der Waals surface area (Å²) in [6.45, 7) is 1.84. The lowest BCUT2D eigenvalue weighted by atomic mass is 9.99. The molecule has 0 unspecified atom stereocenters. The Labute approximate surface area is 187 Å². The van der Waals surface area contributed by atoms with Gasteiger partial charge in [-0.15, -0.1) is 0 Å². The summed E-state index contributed by atoms with van der Waals surface area (Å²) in [6.07, 6.45) is -3.63. The summed E-state index contributed by atoms with van der Waals surface area (Å²) in [6, 6.07) is 8.25. The molecule has 0 spiro atoms. The van der Waals surface area contributed by atoms with Crippen molar-refractivity contribution in [1.29, 1.82) is 4.78 Å². The van der Waals surface area contributed by atoms with Crippen molar-refractivity contribution in [2.75, 3.05) is 0 Å². The molecule has 0 aliphatic heterocycles. The molecule has 0 heterocycles. The van der Waals surface area contributed by atoms with Gasteiger partial charge >= 0.3 is 16.7 Å². The van der Waals surface area contributed by atoms with Gasteiger partial charge in [-0.25, -0.2) is 0 Å². The van der Waals surface area contributed by atoms with Gasteiger partial charge in [-0.1, -0.05) is 59.4 Å². The Bertz CT molecular complexity index is 1010. The van der Waals surface area contributed by atoms with Crippen LogP contribution >= 0.6 is 34.8 Å². The third-order valence-electron chi connectivity index (χ3n) is 3.49. The average molecular weight is 504 g/mol. The largest absolute Gasteiger partial charge is 0.417 e. The summed E-state index contributed by atoms with van der Waals surface area (Å²) in [5, 5.41) is 4.98. The Morgan fingerprint density at radius 2 is 1.67 bits per heavy atom. The van der Waals surface area contributed by atoms with Gasteiger partial charge in [0.1, 0.15) is 6.61 Å². The van der Waals surface area contributed by atoms with Crippen molar-refractivity contribution in [2.24, 2.45) is 5.16 Å². The standard InChI is InChI=1S/C18H15Cl3F3NO.HNO2S/c1-2-3-17(14-8-12(19)6-7-15(14)18(22,23)24)25-26-10-11-4-5-13(20)9-16(11)21;1-4(2)3/h4-9H,2-3,10H2,1H3;1H/b25-17+;. The van der Waals surface area contributed by atoms with Gasteiger partial charge in [-0.05, 0) is 36.8 Å². The number of alkyl halides is 3. The monoisotopic (exact) mass is 502 g/mol. The van der Waals surface area contributed by atoms with Gasteiger partial charge in [-0.2, -0.15) is 26.4 Å². The molecule has 0 saturated heterocycles. The highest BCUT2D eigenvalue weighted by molar-refractivity contribution is 7.60. The van der Waals surface area contributed by atoms with E-state index in [1.54, 1.807) is 18.2 Å². The van der Waals surface area contributed by atoms with Crippen molar-refractivity contribution < 1.29 is 26.4 Å². The number of nitrogens with one attached hydrogen (secondary N) is 1. The molecule has 0 fully saturated rings. The Kier molecular flexibility index (Phi) is 10.6. The molecule has 164 valence electrons. The summed E-state index contributed by atoms with van der Waals surface area (Å²) in [5.74, 6) is 0. The van der Waals surface area contributed by atoms with Crippen LogP contribution in [0.1, 0.15) is 36.5 Å². The van der Waals surface area contributed by atoms with Crippen LogP contribution in [0.5, 0.6) is 0 Å². The van der Waals surface area contributed by atoms with Crippen LogP contribution in [0.25, 0.3) is 0 Å². The van der Waals surface area contributed by atoms with Crippen molar-refractivity contribution in [3.05, 3.63) is 68.2 Å². The molecule has 12 heteroatoms. The molecular formula is C18H16Cl3F3N2O3S. The van der Waals surface area contributed by atoms with Crippen molar-refractivity contribution in [3.63, 3.8) is 0 Å². The number of benzene rings is 2. The predicted molar refractivity (Wildman–Crippen MR) is 111 cm³/mol. The second-order valence-corrected chi connectivity index (χ2v) is 7.47. The third kappa shape index (κ3) is 8.91. The van der Waals surface area contributed by atoms with Crippen LogP contribution in [0.2, 0.25) is 15.1 Å². The molecule has 0 aliphatic rings. The molecule has 0 saturated carbocycles. The zero-order valence-corrected chi connectivity index (χ0v) is 18.5. The van der Waals surface area contributed by atoms with Crippen molar-refractivity contribution >= 4 is 51.0 Å². The summed E-state index contributed by atoms with van der Waals surface area (Å²) in [4.78, 5) is 5.27. The normalized spacial score (nSPS) is 11.5. The van der Waals surface area contributed by atoms with Gasteiger partial charge < -0.3 is 4.84 Å². The highest BCUT2D eigenvalue weighted by atomic mass is 35.5. The molecule has 30 heavy (non-hydrogen) atoms. The minimum absolute atomic E-state index is 0.00509. The number of rotatable bonds is 6. The van der Waals surface area contributed by atoms with E-state index in [-0.39, 0.29) is 22.9 Å². The van der Waals surface area contributed by atoms with E-state index in [0.29, 0.717) is 28.5 Å². The molecule has 2 aromatic rings. The maximum Gasteiger partial charge on any atom is 0.417 e. The first-order valence-corrected chi connectivity index (χ1v) is 10.5. The fourth-order valence-corrected chi connectivity index (χ4v) is 2.92. The predicted octanol–water partition coefficient (Wildman–Crippen LogP) is 7.01. The minimum Gasteiger partial charge on any atom is -0.391 e. The van der Waals surface area contributed by atoms with E-state index in [2.05, 4.69) is 5.16 Å².